The fraction of sp³-hybridized carbons (Fsp3) is 0.500. The van der Waals surface area contributed by atoms with E-state index in [1.165, 1.54) is 6.07 Å². The van der Waals surface area contributed by atoms with Crippen molar-refractivity contribution >= 4 is 12.7 Å². The van der Waals surface area contributed by atoms with E-state index in [1.807, 2.05) is 6.07 Å². The summed E-state index contributed by atoms with van der Waals surface area (Å²) in [4.78, 5) is 3.94. The van der Waals surface area contributed by atoms with Crippen LogP contribution in [-0.2, 0) is 4.65 Å². The van der Waals surface area contributed by atoms with Gasteiger partial charge in [0.2, 0.25) is 0 Å². The second-order valence-electron chi connectivity index (χ2n) is 5.10. The van der Waals surface area contributed by atoms with E-state index in [9.17, 15) is 10.1 Å². The Balaban J connectivity index is 2.89. The highest BCUT2D eigenvalue weighted by Gasteiger charge is 2.39. The van der Waals surface area contributed by atoms with Gasteiger partial charge in [-0.05, 0) is 39.8 Å². The van der Waals surface area contributed by atoms with Crippen LogP contribution in [0.5, 0.6) is 0 Å². The molecule has 0 saturated carbocycles. The van der Waals surface area contributed by atoms with Crippen LogP contribution in [-0.4, -0.2) is 33.4 Å². The zero-order valence-corrected chi connectivity index (χ0v) is 11.0. The Morgan fingerprint density at radius 2 is 1.94 bits per heavy atom. The molecule has 1 aromatic rings. The molecule has 0 aliphatic rings. The normalized spacial score (nSPS) is 12.1. The summed E-state index contributed by atoms with van der Waals surface area (Å²) in [7, 11) is -1.29. The van der Waals surface area contributed by atoms with E-state index in [0.717, 1.165) is 0 Å². The third-order valence-electron chi connectivity index (χ3n) is 3.02. The predicted octanol–water partition coefficient (Wildman–Crippen LogP) is 0.207. The summed E-state index contributed by atoms with van der Waals surface area (Å²) < 4.78 is 5.42. The van der Waals surface area contributed by atoms with Gasteiger partial charge < -0.3 is 14.8 Å². The Labute approximate surface area is 107 Å². The zero-order valence-electron chi connectivity index (χ0n) is 11.0. The van der Waals surface area contributed by atoms with Gasteiger partial charge >= 0.3 is 7.12 Å². The van der Waals surface area contributed by atoms with Gasteiger partial charge in [-0.2, -0.15) is 5.26 Å². The summed E-state index contributed by atoms with van der Waals surface area (Å²) in [5.41, 5.74) is -1.64. The van der Waals surface area contributed by atoms with Crippen molar-refractivity contribution in [1.82, 2.24) is 4.98 Å². The average molecular weight is 248 g/mol. The lowest BCUT2D eigenvalue weighted by atomic mass is 9.80. The number of nitriles is 1. The molecular formula is C12H17BN2O3. The molecule has 0 fully saturated rings. The zero-order chi connectivity index (χ0) is 14.0. The summed E-state index contributed by atoms with van der Waals surface area (Å²) in [6, 6.07) is 6.60. The number of hydrogen-bond acceptors (Lipinski definition) is 5. The van der Waals surface area contributed by atoms with E-state index in [1.54, 1.807) is 39.8 Å². The SMILES string of the molecule is CC(C)(O)C(C)(C)OB(O)c1cccc(C#N)n1. The number of nitrogens with zero attached hydrogens (tertiary/aromatic N) is 2. The standard InChI is InChI=1S/C12H17BN2O3/c1-11(2,16)12(3,4)18-13(17)10-7-5-6-9(8-14)15-10/h5-7,16-17H,1-4H3. The largest absolute Gasteiger partial charge is 0.511 e. The fourth-order valence-corrected chi connectivity index (χ4v) is 1.13. The first-order valence-corrected chi connectivity index (χ1v) is 5.63. The number of pyridine rings is 1. The minimum Gasteiger partial charge on any atom is -0.422 e. The van der Waals surface area contributed by atoms with Gasteiger partial charge in [0.25, 0.3) is 0 Å². The lowest BCUT2D eigenvalue weighted by Crippen LogP contribution is -2.53. The molecule has 0 aromatic carbocycles. The van der Waals surface area contributed by atoms with Crippen LogP contribution < -0.4 is 5.59 Å². The van der Waals surface area contributed by atoms with Crippen molar-refractivity contribution in [2.45, 2.75) is 38.9 Å². The van der Waals surface area contributed by atoms with E-state index >= 15 is 0 Å². The first-order chi connectivity index (χ1) is 8.17. The van der Waals surface area contributed by atoms with E-state index in [0.29, 0.717) is 0 Å². The van der Waals surface area contributed by atoms with Gasteiger partial charge in [0.1, 0.15) is 11.8 Å². The van der Waals surface area contributed by atoms with E-state index < -0.39 is 18.3 Å². The molecule has 0 aliphatic heterocycles. The lowest BCUT2D eigenvalue weighted by Gasteiger charge is -2.38. The maximum absolute atomic E-state index is 9.93. The van der Waals surface area contributed by atoms with Gasteiger partial charge in [-0.1, -0.05) is 6.07 Å². The molecule has 2 N–H and O–H groups in total. The Morgan fingerprint density at radius 3 is 2.44 bits per heavy atom. The van der Waals surface area contributed by atoms with Crippen LogP contribution in [0.4, 0.5) is 0 Å². The molecule has 1 aromatic heterocycles. The molecular weight excluding hydrogens is 231 g/mol. The Bertz CT molecular complexity index is 463. The highest BCUT2D eigenvalue weighted by molar-refractivity contribution is 6.59. The van der Waals surface area contributed by atoms with Crippen molar-refractivity contribution in [2.75, 3.05) is 0 Å². The number of aromatic nitrogens is 1. The minimum atomic E-state index is -1.29. The first-order valence-electron chi connectivity index (χ1n) is 5.63. The van der Waals surface area contributed by atoms with Crippen molar-refractivity contribution < 1.29 is 14.8 Å². The van der Waals surface area contributed by atoms with Crippen LogP contribution in [0.25, 0.3) is 0 Å². The summed E-state index contributed by atoms with van der Waals surface area (Å²) in [5.74, 6) is 0. The Morgan fingerprint density at radius 1 is 1.33 bits per heavy atom. The maximum atomic E-state index is 9.93. The van der Waals surface area contributed by atoms with Gasteiger partial charge in [-0.25, -0.2) is 4.98 Å². The van der Waals surface area contributed by atoms with Gasteiger partial charge in [0.15, 0.2) is 0 Å². The van der Waals surface area contributed by atoms with Crippen molar-refractivity contribution in [1.29, 1.82) is 5.26 Å². The Hall–Kier alpha value is -1.42. The smallest absolute Gasteiger partial charge is 0.422 e. The summed E-state index contributed by atoms with van der Waals surface area (Å²) in [5, 5.41) is 28.6. The summed E-state index contributed by atoms with van der Waals surface area (Å²) in [6.45, 7) is 6.53. The number of rotatable bonds is 4. The quantitative estimate of drug-likeness (QED) is 0.743. The second-order valence-corrected chi connectivity index (χ2v) is 5.10. The molecule has 96 valence electrons. The van der Waals surface area contributed by atoms with Gasteiger partial charge in [0, 0.05) is 0 Å². The molecule has 0 unspecified atom stereocenters. The summed E-state index contributed by atoms with van der Waals surface area (Å²) in [6.07, 6.45) is 0. The molecule has 6 heteroatoms. The van der Waals surface area contributed by atoms with Crippen LogP contribution >= 0.6 is 0 Å². The van der Waals surface area contributed by atoms with Crippen LogP contribution in [0.2, 0.25) is 0 Å². The van der Waals surface area contributed by atoms with E-state index in [4.69, 9.17) is 9.92 Å². The molecule has 0 aliphatic carbocycles. The van der Waals surface area contributed by atoms with E-state index in [2.05, 4.69) is 4.98 Å². The van der Waals surface area contributed by atoms with Crippen molar-refractivity contribution in [3.63, 3.8) is 0 Å². The minimum absolute atomic E-state index is 0.205. The van der Waals surface area contributed by atoms with Gasteiger partial charge in [0.05, 0.1) is 16.8 Å². The average Bonchev–Trinajstić information content (AvgIpc) is 2.27. The van der Waals surface area contributed by atoms with Crippen molar-refractivity contribution in [2.24, 2.45) is 0 Å². The molecule has 0 saturated heterocycles. The summed E-state index contributed by atoms with van der Waals surface area (Å²) >= 11 is 0. The third kappa shape index (κ3) is 3.29. The number of aliphatic hydroxyl groups is 1. The molecule has 0 spiro atoms. The van der Waals surface area contributed by atoms with E-state index in [-0.39, 0.29) is 11.3 Å². The number of hydrogen-bond donors (Lipinski definition) is 2. The van der Waals surface area contributed by atoms with Crippen LogP contribution in [0.1, 0.15) is 33.4 Å². The molecule has 0 atom stereocenters. The second kappa shape index (κ2) is 5.06. The fourth-order valence-electron chi connectivity index (χ4n) is 1.13. The van der Waals surface area contributed by atoms with Crippen molar-refractivity contribution in [3.05, 3.63) is 23.9 Å². The maximum Gasteiger partial charge on any atom is 0.511 e. The van der Waals surface area contributed by atoms with Crippen molar-refractivity contribution in [3.8, 4) is 6.07 Å². The molecule has 0 amide bonds. The lowest BCUT2D eigenvalue weighted by molar-refractivity contribution is -0.0983. The van der Waals surface area contributed by atoms with Gasteiger partial charge in [-0.3, -0.25) is 0 Å². The van der Waals surface area contributed by atoms with Crippen LogP contribution in [0.15, 0.2) is 18.2 Å². The van der Waals surface area contributed by atoms with Gasteiger partial charge in [-0.15, -0.1) is 0 Å². The topological polar surface area (TPSA) is 86.4 Å². The molecule has 18 heavy (non-hydrogen) atoms. The molecule has 0 radical (unpaired) electrons. The highest BCUT2D eigenvalue weighted by Crippen LogP contribution is 2.25. The molecule has 0 bridgehead atoms. The predicted molar refractivity (Wildman–Crippen MR) is 68.0 cm³/mol. The molecule has 1 rings (SSSR count). The molecule has 5 nitrogen and oxygen atoms in total. The van der Waals surface area contributed by atoms with Crippen LogP contribution in [0.3, 0.4) is 0 Å². The monoisotopic (exact) mass is 248 g/mol. The van der Waals surface area contributed by atoms with Crippen LogP contribution in [0, 0.1) is 11.3 Å². The third-order valence-corrected chi connectivity index (χ3v) is 3.02. The molecule has 1 heterocycles. The first kappa shape index (κ1) is 14.6. The Kier molecular flexibility index (Phi) is 4.12. The highest BCUT2D eigenvalue weighted by atomic mass is 16.5.